The van der Waals surface area contributed by atoms with Crippen LogP contribution < -0.4 is 20.7 Å². The van der Waals surface area contributed by atoms with E-state index in [1.807, 2.05) is 55.9 Å². The fourth-order valence-electron chi connectivity index (χ4n) is 6.67. The summed E-state index contributed by atoms with van der Waals surface area (Å²) in [5.74, 6) is -1.65. The summed E-state index contributed by atoms with van der Waals surface area (Å²) in [4.78, 5) is 66.4. The van der Waals surface area contributed by atoms with Gasteiger partial charge in [0.2, 0.25) is 11.8 Å². The summed E-state index contributed by atoms with van der Waals surface area (Å²) in [6.45, 7) is 5.01. The minimum absolute atomic E-state index is 0.00300. The van der Waals surface area contributed by atoms with Gasteiger partial charge in [-0.2, -0.15) is 0 Å². The highest BCUT2D eigenvalue weighted by molar-refractivity contribution is 5.94. The molecule has 1 aliphatic heterocycles. The lowest BCUT2D eigenvalue weighted by atomic mass is 10.0. The Labute approximate surface area is 320 Å². The highest BCUT2D eigenvalue weighted by atomic mass is 17.1. The predicted octanol–water partition coefficient (Wildman–Crippen LogP) is 4.45. The molecule has 0 radical (unpaired) electrons. The first-order chi connectivity index (χ1) is 26.5. The van der Waals surface area contributed by atoms with Crippen LogP contribution in [0, 0.1) is 5.92 Å². The standard InChI is InChI=1S/C40H51N7O8/c1-27(2)22-33(44-40(51)46-20-10-4-5-11-21-46)37(48)42-34(23-29-25-45(3)36-14-7-6-13-32(29)36)38(49)43-35(24-30-12-8-9-19-41-30)39(50)55-31-17-15-28(16-18-31)26-54-47(52)53/h6-9,12-19,25,27,33-35,52-53H,4-5,10-11,20-24,26H2,1-3H3,(H,42,48)(H,43,49)(H,44,51)/t33?,34?,35-/m1/s1. The first-order valence-corrected chi connectivity index (χ1v) is 18.7. The van der Waals surface area contributed by atoms with Gasteiger partial charge in [-0.15, -0.1) is 0 Å². The Morgan fingerprint density at radius 1 is 0.818 bits per heavy atom. The quantitative estimate of drug-likeness (QED) is 0.0621. The molecule has 4 amide bonds. The van der Waals surface area contributed by atoms with E-state index in [1.165, 1.54) is 12.1 Å². The van der Waals surface area contributed by atoms with Gasteiger partial charge < -0.3 is 30.2 Å². The maximum atomic E-state index is 14.4. The average molecular weight is 758 g/mol. The van der Waals surface area contributed by atoms with Crippen LogP contribution in [0.2, 0.25) is 0 Å². The number of aromatic nitrogens is 2. The summed E-state index contributed by atoms with van der Waals surface area (Å²) in [6.07, 6.45) is 7.85. The number of pyridine rings is 1. The van der Waals surface area contributed by atoms with Crippen molar-refractivity contribution in [2.45, 2.75) is 83.5 Å². The number of urea groups is 1. The Hall–Kier alpha value is -5.35. The summed E-state index contributed by atoms with van der Waals surface area (Å²) < 4.78 is 7.64. The van der Waals surface area contributed by atoms with E-state index < -0.39 is 41.3 Å². The van der Waals surface area contributed by atoms with Crippen molar-refractivity contribution >= 4 is 34.7 Å². The van der Waals surface area contributed by atoms with Crippen molar-refractivity contribution in [3.63, 3.8) is 0 Å². The number of aryl methyl sites for hydroxylation is 1. The lowest BCUT2D eigenvalue weighted by Gasteiger charge is -2.28. The number of rotatable bonds is 16. The number of hydrogen-bond donors (Lipinski definition) is 5. The van der Waals surface area contributed by atoms with Crippen LogP contribution in [0.4, 0.5) is 4.79 Å². The smallest absolute Gasteiger partial charge is 0.334 e. The van der Waals surface area contributed by atoms with Gasteiger partial charge in [-0.05, 0) is 66.6 Å². The van der Waals surface area contributed by atoms with Crippen molar-refractivity contribution < 1.29 is 39.2 Å². The second kappa shape index (κ2) is 19.8. The molecule has 1 fully saturated rings. The molecule has 0 aliphatic carbocycles. The molecule has 5 N–H and O–H groups in total. The topological polar surface area (TPSA) is 188 Å². The molecule has 55 heavy (non-hydrogen) atoms. The molecule has 5 rings (SSSR count). The number of amides is 4. The minimum Gasteiger partial charge on any atom is -0.425 e. The second-order valence-electron chi connectivity index (χ2n) is 14.3. The summed E-state index contributed by atoms with van der Waals surface area (Å²) in [6, 6.07) is 15.6. The molecule has 3 atom stereocenters. The van der Waals surface area contributed by atoms with E-state index in [1.54, 1.807) is 41.4 Å². The summed E-state index contributed by atoms with van der Waals surface area (Å²) >= 11 is 0. The zero-order chi connectivity index (χ0) is 39.3. The molecular formula is C40H51N7O8. The van der Waals surface area contributed by atoms with Crippen LogP contribution in [0.1, 0.15) is 62.8 Å². The van der Waals surface area contributed by atoms with Crippen LogP contribution in [0.3, 0.4) is 0 Å². The molecule has 2 aromatic carbocycles. The average Bonchev–Trinajstić information content (AvgIpc) is 3.30. The van der Waals surface area contributed by atoms with Gasteiger partial charge in [0, 0.05) is 62.0 Å². The van der Waals surface area contributed by atoms with E-state index in [0.717, 1.165) is 42.1 Å². The molecular weight excluding hydrogens is 706 g/mol. The van der Waals surface area contributed by atoms with Crippen LogP contribution in [-0.4, -0.2) is 85.3 Å². The van der Waals surface area contributed by atoms with E-state index >= 15 is 0 Å². The van der Waals surface area contributed by atoms with Crippen molar-refractivity contribution in [3.8, 4) is 5.75 Å². The van der Waals surface area contributed by atoms with Gasteiger partial charge in [0.25, 0.3) is 0 Å². The molecule has 3 heterocycles. The van der Waals surface area contributed by atoms with Crippen LogP contribution in [0.15, 0.2) is 79.1 Å². The van der Waals surface area contributed by atoms with Gasteiger partial charge in [-0.1, -0.05) is 63.1 Å². The number of likely N-dealkylation sites (tertiary alicyclic amines) is 1. The Morgan fingerprint density at radius 3 is 2.16 bits per heavy atom. The van der Waals surface area contributed by atoms with Gasteiger partial charge in [0.05, 0.1) is 12.0 Å². The molecule has 4 aromatic rings. The summed E-state index contributed by atoms with van der Waals surface area (Å²) in [5.41, 5.74) is 2.85. The predicted molar refractivity (Wildman–Crippen MR) is 203 cm³/mol. The number of fused-ring (bicyclic) bond motifs is 1. The lowest BCUT2D eigenvalue weighted by molar-refractivity contribution is -0.497. The van der Waals surface area contributed by atoms with Gasteiger partial charge in [-0.3, -0.25) is 25.0 Å². The zero-order valence-electron chi connectivity index (χ0n) is 31.5. The highest BCUT2D eigenvalue weighted by Crippen LogP contribution is 2.22. The number of carbonyl (C=O) groups is 4. The van der Waals surface area contributed by atoms with E-state index in [0.29, 0.717) is 30.8 Å². The van der Waals surface area contributed by atoms with Crippen LogP contribution in [-0.2, 0) is 45.7 Å². The maximum absolute atomic E-state index is 14.4. The molecule has 2 aromatic heterocycles. The number of esters is 1. The Kier molecular flexibility index (Phi) is 14.7. The Bertz CT molecular complexity index is 1880. The largest absolute Gasteiger partial charge is 0.425 e. The van der Waals surface area contributed by atoms with Gasteiger partial charge in [-0.25, -0.2) is 14.4 Å². The van der Waals surface area contributed by atoms with Gasteiger partial charge in [0.1, 0.15) is 23.9 Å². The molecule has 15 nitrogen and oxygen atoms in total. The third kappa shape index (κ3) is 12.1. The summed E-state index contributed by atoms with van der Waals surface area (Å²) in [7, 11) is 1.91. The van der Waals surface area contributed by atoms with Crippen molar-refractivity contribution in [1.82, 2.24) is 35.8 Å². The number of nitrogens with zero attached hydrogens (tertiary/aromatic N) is 4. The normalized spacial score (nSPS) is 14.9. The molecule has 0 bridgehead atoms. The maximum Gasteiger partial charge on any atom is 0.334 e. The molecule has 294 valence electrons. The molecule has 15 heteroatoms. The van der Waals surface area contributed by atoms with Crippen LogP contribution in [0.5, 0.6) is 5.75 Å². The number of para-hydroxylation sites is 1. The van der Waals surface area contributed by atoms with E-state index in [9.17, 15) is 19.2 Å². The number of hydrogen-bond acceptors (Lipinski definition) is 10. The van der Waals surface area contributed by atoms with Crippen molar-refractivity contribution in [1.29, 1.82) is 0 Å². The molecule has 0 spiro atoms. The van der Waals surface area contributed by atoms with Gasteiger partial charge >= 0.3 is 12.0 Å². The van der Waals surface area contributed by atoms with E-state index in [4.69, 9.17) is 15.2 Å². The molecule has 1 aliphatic rings. The second-order valence-corrected chi connectivity index (χ2v) is 14.3. The van der Waals surface area contributed by atoms with Crippen LogP contribution in [0.25, 0.3) is 10.9 Å². The molecule has 2 unspecified atom stereocenters. The Balaban J connectivity index is 1.40. The van der Waals surface area contributed by atoms with E-state index in [-0.39, 0.29) is 37.1 Å². The minimum atomic E-state index is -1.20. The highest BCUT2D eigenvalue weighted by Gasteiger charge is 2.33. The zero-order valence-corrected chi connectivity index (χ0v) is 31.5. The SMILES string of the molecule is CC(C)CC(NC(=O)N1CCCCCC1)C(=O)NC(Cc1cn(C)c2ccccc12)C(=O)N[C@H](Cc1ccccn1)C(=O)Oc1ccc(CON(O)O)cc1. The van der Waals surface area contributed by atoms with Crippen molar-refractivity contribution in [3.05, 3.63) is 95.9 Å². The number of nitrogens with one attached hydrogen (secondary N) is 3. The third-order valence-corrected chi connectivity index (χ3v) is 9.48. The fourth-order valence-corrected chi connectivity index (χ4v) is 6.67. The number of ether oxygens (including phenoxy) is 1. The van der Waals surface area contributed by atoms with E-state index in [2.05, 4.69) is 25.8 Å². The first-order valence-electron chi connectivity index (χ1n) is 18.7. The number of carbonyl (C=O) groups excluding carboxylic acids is 4. The lowest BCUT2D eigenvalue weighted by Crippen LogP contribution is -2.58. The monoisotopic (exact) mass is 757 g/mol. The van der Waals surface area contributed by atoms with Crippen molar-refractivity contribution in [2.24, 2.45) is 13.0 Å². The number of benzene rings is 2. The molecule has 0 saturated carbocycles. The molecule has 1 saturated heterocycles. The summed E-state index contributed by atoms with van der Waals surface area (Å²) in [5, 5.41) is 26.9. The fraction of sp³-hybridized carbons (Fsp3) is 0.425. The third-order valence-electron chi connectivity index (χ3n) is 9.48. The van der Waals surface area contributed by atoms with Crippen molar-refractivity contribution in [2.75, 3.05) is 13.1 Å². The first kappa shape index (κ1) is 40.8. The Morgan fingerprint density at radius 2 is 1.49 bits per heavy atom. The van der Waals surface area contributed by atoms with Gasteiger partial charge in [0.15, 0.2) is 0 Å². The van der Waals surface area contributed by atoms with Crippen LogP contribution >= 0.6 is 0 Å².